The van der Waals surface area contributed by atoms with E-state index in [1.807, 2.05) is 20.8 Å². The number of amides is 1. The number of carbonyl (C=O) groups is 1. The van der Waals surface area contributed by atoms with Crippen molar-refractivity contribution >= 4 is 5.91 Å². The topological polar surface area (TPSA) is 64.3 Å². The number of ether oxygens (including phenoxy) is 1. The Hall–Kier alpha value is -0.610. The van der Waals surface area contributed by atoms with Gasteiger partial charge in [0.15, 0.2) is 0 Å². The molecule has 0 aliphatic rings. The Morgan fingerprint density at radius 3 is 2.67 bits per heavy atom. The van der Waals surface area contributed by atoms with Crippen molar-refractivity contribution in [1.82, 2.24) is 5.32 Å². The first-order valence-corrected chi connectivity index (χ1v) is 5.70. The molecule has 0 bridgehead atoms. The minimum absolute atomic E-state index is 0.0854. The molecule has 0 spiro atoms. The Morgan fingerprint density at radius 1 is 1.47 bits per heavy atom. The smallest absolute Gasteiger partial charge is 0.220 e. The van der Waals surface area contributed by atoms with Gasteiger partial charge in [-0.25, -0.2) is 0 Å². The molecule has 4 nitrogen and oxygen atoms in total. The van der Waals surface area contributed by atoms with Crippen molar-refractivity contribution in [3.63, 3.8) is 0 Å². The molecule has 0 heterocycles. The summed E-state index contributed by atoms with van der Waals surface area (Å²) in [6.45, 7) is 7.12. The summed E-state index contributed by atoms with van der Waals surface area (Å²) in [6, 6.07) is 0.181. The maximum absolute atomic E-state index is 11.3. The van der Waals surface area contributed by atoms with Gasteiger partial charge in [0.1, 0.15) is 0 Å². The molecule has 4 heteroatoms. The van der Waals surface area contributed by atoms with Crippen molar-refractivity contribution in [3.8, 4) is 0 Å². The van der Waals surface area contributed by atoms with Crippen molar-refractivity contribution < 1.29 is 9.53 Å². The molecule has 2 unspecified atom stereocenters. The monoisotopic (exact) mass is 216 g/mol. The highest BCUT2D eigenvalue weighted by Gasteiger charge is 2.05. The van der Waals surface area contributed by atoms with E-state index in [1.54, 1.807) is 0 Å². The second-order valence-corrected chi connectivity index (χ2v) is 3.94. The maximum atomic E-state index is 11.3. The van der Waals surface area contributed by atoms with Crippen molar-refractivity contribution in [2.45, 2.75) is 52.2 Å². The molecule has 0 aliphatic carbocycles. The predicted octanol–water partition coefficient (Wildman–Crippen LogP) is 1.05. The van der Waals surface area contributed by atoms with Gasteiger partial charge in [0.2, 0.25) is 5.91 Å². The average Bonchev–Trinajstić information content (AvgIpc) is 2.14. The number of carbonyl (C=O) groups excluding carboxylic acids is 1. The fourth-order valence-corrected chi connectivity index (χ4v) is 1.27. The summed E-state index contributed by atoms with van der Waals surface area (Å²) in [7, 11) is 0. The Balaban J connectivity index is 3.40. The van der Waals surface area contributed by atoms with E-state index < -0.39 is 0 Å². The molecule has 0 fully saturated rings. The number of hydrogen-bond acceptors (Lipinski definition) is 3. The van der Waals surface area contributed by atoms with Crippen LogP contribution in [0.5, 0.6) is 0 Å². The van der Waals surface area contributed by atoms with Crippen molar-refractivity contribution in [3.05, 3.63) is 0 Å². The fraction of sp³-hybridized carbons (Fsp3) is 0.909. The standard InChI is InChI=1S/C11H24N2O2/c1-4-15-10(3)8-13-11(14)7-5-6-9(2)12/h9-10H,4-8,12H2,1-3H3,(H,13,14). The lowest BCUT2D eigenvalue weighted by molar-refractivity contribution is -0.121. The molecule has 0 rings (SSSR count). The summed E-state index contributed by atoms with van der Waals surface area (Å²) in [6.07, 6.45) is 2.40. The van der Waals surface area contributed by atoms with E-state index in [4.69, 9.17) is 10.5 Å². The van der Waals surface area contributed by atoms with Crippen molar-refractivity contribution in [1.29, 1.82) is 0 Å². The molecule has 0 aromatic carbocycles. The Labute approximate surface area is 92.6 Å². The van der Waals surface area contributed by atoms with Crippen LogP contribution in [0.1, 0.15) is 40.0 Å². The summed E-state index contributed by atoms with van der Waals surface area (Å²) in [5.41, 5.74) is 5.59. The molecule has 0 radical (unpaired) electrons. The molecule has 0 saturated heterocycles. The van der Waals surface area contributed by atoms with Crippen LogP contribution in [0, 0.1) is 0 Å². The number of hydrogen-bond donors (Lipinski definition) is 2. The van der Waals surface area contributed by atoms with Gasteiger partial charge in [-0.2, -0.15) is 0 Å². The molecule has 90 valence electrons. The zero-order chi connectivity index (χ0) is 11.7. The van der Waals surface area contributed by atoms with Crippen LogP contribution in [0.25, 0.3) is 0 Å². The summed E-state index contributed by atoms with van der Waals surface area (Å²) in [4.78, 5) is 11.3. The van der Waals surface area contributed by atoms with Gasteiger partial charge in [-0.15, -0.1) is 0 Å². The molecule has 2 atom stereocenters. The predicted molar refractivity (Wildman–Crippen MR) is 61.6 cm³/mol. The molecule has 15 heavy (non-hydrogen) atoms. The zero-order valence-corrected chi connectivity index (χ0v) is 10.1. The van der Waals surface area contributed by atoms with Gasteiger partial charge >= 0.3 is 0 Å². The lowest BCUT2D eigenvalue weighted by atomic mass is 10.1. The van der Waals surface area contributed by atoms with Crippen molar-refractivity contribution in [2.24, 2.45) is 5.73 Å². The van der Waals surface area contributed by atoms with Crippen LogP contribution in [0.3, 0.4) is 0 Å². The van der Waals surface area contributed by atoms with Crippen LogP contribution in [0.15, 0.2) is 0 Å². The van der Waals surface area contributed by atoms with Crippen LogP contribution in [-0.4, -0.2) is 31.2 Å². The third kappa shape index (κ3) is 9.69. The van der Waals surface area contributed by atoms with Crippen LogP contribution >= 0.6 is 0 Å². The third-order valence-electron chi connectivity index (χ3n) is 2.10. The number of rotatable bonds is 8. The first kappa shape index (κ1) is 14.4. The quantitative estimate of drug-likeness (QED) is 0.637. The van der Waals surface area contributed by atoms with E-state index in [0.29, 0.717) is 19.6 Å². The van der Waals surface area contributed by atoms with Crippen LogP contribution in [0.4, 0.5) is 0 Å². The van der Waals surface area contributed by atoms with E-state index >= 15 is 0 Å². The molecule has 0 aromatic heterocycles. The first-order valence-electron chi connectivity index (χ1n) is 5.70. The average molecular weight is 216 g/mol. The largest absolute Gasteiger partial charge is 0.377 e. The second-order valence-electron chi connectivity index (χ2n) is 3.94. The van der Waals surface area contributed by atoms with E-state index in [9.17, 15) is 4.79 Å². The Bertz CT molecular complexity index is 172. The Morgan fingerprint density at radius 2 is 2.13 bits per heavy atom. The van der Waals surface area contributed by atoms with Gasteiger partial charge < -0.3 is 15.8 Å². The van der Waals surface area contributed by atoms with Gasteiger partial charge in [-0.1, -0.05) is 0 Å². The van der Waals surface area contributed by atoms with Crippen molar-refractivity contribution in [2.75, 3.05) is 13.2 Å². The fourth-order valence-electron chi connectivity index (χ4n) is 1.27. The molecule has 3 N–H and O–H groups in total. The summed E-state index contributed by atoms with van der Waals surface area (Å²) in [5.74, 6) is 0.0854. The Kier molecular flexibility index (Phi) is 8.33. The summed E-state index contributed by atoms with van der Waals surface area (Å²) >= 11 is 0. The highest BCUT2D eigenvalue weighted by Crippen LogP contribution is 1.98. The van der Waals surface area contributed by atoms with Crippen LogP contribution in [-0.2, 0) is 9.53 Å². The van der Waals surface area contributed by atoms with Gasteiger partial charge in [0.05, 0.1) is 6.10 Å². The summed E-state index contributed by atoms with van der Waals surface area (Å²) < 4.78 is 5.30. The molecular weight excluding hydrogens is 192 g/mol. The van der Waals surface area contributed by atoms with E-state index in [1.165, 1.54) is 0 Å². The number of nitrogens with one attached hydrogen (secondary N) is 1. The maximum Gasteiger partial charge on any atom is 0.220 e. The lowest BCUT2D eigenvalue weighted by Crippen LogP contribution is -2.32. The zero-order valence-electron chi connectivity index (χ0n) is 10.1. The number of nitrogens with two attached hydrogens (primary N) is 1. The lowest BCUT2D eigenvalue weighted by Gasteiger charge is -2.12. The van der Waals surface area contributed by atoms with Gasteiger partial charge in [-0.3, -0.25) is 4.79 Å². The van der Waals surface area contributed by atoms with Gasteiger partial charge in [-0.05, 0) is 33.6 Å². The molecule has 1 amide bonds. The van der Waals surface area contributed by atoms with Crippen LogP contribution in [0.2, 0.25) is 0 Å². The first-order chi connectivity index (χ1) is 7.06. The molecular formula is C11H24N2O2. The van der Waals surface area contributed by atoms with Gasteiger partial charge in [0.25, 0.3) is 0 Å². The molecule has 0 aliphatic heterocycles. The highest BCUT2D eigenvalue weighted by molar-refractivity contribution is 5.75. The minimum Gasteiger partial charge on any atom is -0.377 e. The second kappa shape index (κ2) is 8.68. The normalized spacial score (nSPS) is 14.7. The van der Waals surface area contributed by atoms with Gasteiger partial charge in [0, 0.05) is 25.6 Å². The molecule has 0 saturated carbocycles. The minimum atomic E-state index is 0.0854. The third-order valence-corrected chi connectivity index (χ3v) is 2.10. The molecule has 0 aromatic rings. The van der Waals surface area contributed by atoms with Crippen LogP contribution < -0.4 is 11.1 Å². The highest BCUT2D eigenvalue weighted by atomic mass is 16.5. The van der Waals surface area contributed by atoms with E-state index in [-0.39, 0.29) is 18.1 Å². The summed E-state index contributed by atoms with van der Waals surface area (Å²) in [5, 5.41) is 2.84. The van der Waals surface area contributed by atoms with E-state index in [2.05, 4.69) is 5.32 Å². The SMILES string of the molecule is CCOC(C)CNC(=O)CCCC(C)N. The van der Waals surface area contributed by atoms with E-state index in [0.717, 1.165) is 12.8 Å².